The van der Waals surface area contributed by atoms with Gasteiger partial charge in [0.2, 0.25) is 5.91 Å². The molecule has 126 valence electrons. The van der Waals surface area contributed by atoms with Crippen molar-refractivity contribution in [2.75, 3.05) is 17.7 Å². The van der Waals surface area contributed by atoms with E-state index in [0.717, 1.165) is 5.69 Å². The Morgan fingerprint density at radius 3 is 2.52 bits per heavy atom. The highest BCUT2D eigenvalue weighted by Crippen LogP contribution is 2.19. The third-order valence-corrected chi connectivity index (χ3v) is 4.28. The Morgan fingerprint density at radius 1 is 1.26 bits per heavy atom. The molecular weight excluding hydrogens is 340 g/mol. The highest BCUT2D eigenvalue weighted by molar-refractivity contribution is 7.88. The maximum absolute atomic E-state index is 12.1. The van der Waals surface area contributed by atoms with Gasteiger partial charge in [0.1, 0.15) is 0 Å². The second kappa shape index (κ2) is 7.47. The van der Waals surface area contributed by atoms with Crippen molar-refractivity contribution >= 4 is 45.6 Å². The van der Waals surface area contributed by atoms with E-state index in [1.54, 1.807) is 27.0 Å². The van der Waals surface area contributed by atoms with Crippen LogP contribution in [0.4, 0.5) is 11.4 Å². The zero-order valence-electron chi connectivity index (χ0n) is 13.0. The maximum atomic E-state index is 12.1. The summed E-state index contributed by atoms with van der Waals surface area (Å²) < 4.78 is 28.7. The van der Waals surface area contributed by atoms with Gasteiger partial charge in [0, 0.05) is 29.7 Å². The van der Waals surface area contributed by atoms with Gasteiger partial charge in [-0.2, -0.15) is 8.42 Å². The first-order valence-corrected chi connectivity index (χ1v) is 8.12. The zero-order valence-corrected chi connectivity index (χ0v) is 14.6. The highest BCUT2D eigenvalue weighted by atomic mass is 35.5. The quantitative estimate of drug-likeness (QED) is 0.767. The number of nitrogens with zero attached hydrogens (tertiary/aromatic N) is 1. The molecule has 0 bridgehead atoms. The third kappa shape index (κ3) is 4.97. The first kappa shape index (κ1) is 19.0. The number of carbonyl (C=O) groups excluding carboxylic acids is 1. The molecule has 7 nitrogen and oxygen atoms in total. The number of anilines is 2. The molecule has 0 aromatic heterocycles. The van der Waals surface area contributed by atoms with Gasteiger partial charge in [0.15, 0.2) is 0 Å². The Labute approximate surface area is 141 Å². The molecule has 0 unspecified atom stereocenters. The summed E-state index contributed by atoms with van der Waals surface area (Å²) in [5.74, 6) is -0.238. The molecule has 0 aliphatic carbocycles. The van der Waals surface area contributed by atoms with E-state index in [4.69, 9.17) is 0 Å². The molecule has 1 heterocycles. The molecular formula is C14H19ClN4O3S. The summed E-state index contributed by atoms with van der Waals surface area (Å²) >= 11 is 0. The average Bonchev–Trinajstić information content (AvgIpc) is 2.42. The van der Waals surface area contributed by atoms with Gasteiger partial charge >= 0.3 is 10.2 Å². The number of nitrogens with one attached hydrogen (secondary N) is 3. The number of allylic oxidation sites excluding steroid dienone is 1. The van der Waals surface area contributed by atoms with Crippen LogP contribution in [0.25, 0.3) is 0 Å². The minimum atomic E-state index is -3.68. The molecule has 0 fully saturated rings. The van der Waals surface area contributed by atoms with Crippen molar-refractivity contribution in [1.29, 1.82) is 0 Å². The second-order valence-corrected chi connectivity index (χ2v) is 6.25. The van der Waals surface area contributed by atoms with E-state index in [2.05, 4.69) is 19.8 Å². The molecule has 9 heteroatoms. The molecule has 23 heavy (non-hydrogen) atoms. The third-order valence-electron chi connectivity index (χ3n) is 3.20. The van der Waals surface area contributed by atoms with Gasteiger partial charge in [0.05, 0.1) is 12.1 Å². The van der Waals surface area contributed by atoms with Gasteiger partial charge in [-0.15, -0.1) is 16.8 Å². The number of hydrogen-bond acceptors (Lipinski definition) is 4. The molecule has 1 aromatic rings. The number of carbonyl (C=O) groups is 1. The van der Waals surface area contributed by atoms with E-state index in [1.165, 1.54) is 0 Å². The lowest BCUT2D eigenvalue weighted by Crippen LogP contribution is -2.29. The van der Waals surface area contributed by atoms with Crippen LogP contribution in [0.15, 0.2) is 39.9 Å². The summed E-state index contributed by atoms with van der Waals surface area (Å²) in [5, 5.41) is 5.77. The molecule has 0 saturated heterocycles. The lowest BCUT2D eigenvalue weighted by atomic mass is 10.1. The van der Waals surface area contributed by atoms with Gasteiger partial charge in [-0.25, -0.2) is 0 Å². The maximum Gasteiger partial charge on any atom is 0.342 e. The Hall–Kier alpha value is -2.06. The van der Waals surface area contributed by atoms with Gasteiger partial charge in [-0.05, 0) is 32.0 Å². The SMILES string of the molecule is CNc1cccc(NC(=O)CC2=C(C)NS(=O)(=O)N=C2C)c1.Cl. The largest absolute Gasteiger partial charge is 0.388 e. The summed E-state index contributed by atoms with van der Waals surface area (Å²) in [6, 6.07) is 7.30. The van der Waals surface area contributed by atoms with Crippen molar-refractivity contribution in [3.8, 4) is 0 Å². The van der Waals surface area contributed by atoms with Gasteiger partial charge in [-0.3, -0.25) is 9.52 Å². The predicted octanol–water partition coefficient (Wildman–Crippen LogP) is 2.06. The van der Waals surface area contributed by atoms with Crippen molar-refractivity contribution < 1.29 is 13.2 Å². The standard InChI is InChI=1S/C14H18N4O3S.ClH/c1-9-13(10(2)18-22(20,21)17-9)8-14(19)16-12-6-4-5-11(7-12)15-3;/h4-7,15,17H,8H2,1-3H3,(H,16,19);1H. The minimum Gasteiger partial charge on any atom is -0.388 e. The van der Waals surface area contributed by atoms with Gasteiger partial charge in [0.25, 0.3) is 0 Å². The fourth-order valence-electron chi connectivity index (χ4n) is 2.16. The highest BCUT2D eigenvalue weighted by Gasteiger charge is 2.22. The molecule has 2 rings (SSSR count). The fraction of sp³-hybridized carbons (Fsp3) is 0.286. The van der Waals surface area contributed by atoms with Crippen LogP contribution in [0.3, 0.4) is 0 Å². The van der Waals surface area contributed by atoms with Crippen LogP contribution in [0, 0.1) is 0 Å². The molecule has 0 saturated carbocycles. The number of rotatable bonds is 4. The van der Waals surface area contributed by atoms with Crippen molar-refractivity contribution in [3.05, 3.63) is 35.5 Å². The lowest BCUT2D eigenvalue weighted by Gasteiger charge is -2.17. The van der Waals surface area contributed by atoms with E-state index in [-0.39, 0.29) is 24.7 Å². The molecule has 0 radical (unpaired) electrons. The number of benzene rings is 1. The van der Waals surface area contributed by atoms with Crippen molar-refractivity contribution in [2.45, 2.75) is 20.3 Å². The summed E-state index contributed by atoms with van der Waals surface area (Å²) in [7, 11) is -1.88. The minimum absolute atomic E-state index is 0. The normalized spacial score (nSPS) is 15.9. The van der Waals surface area contributed by atoms with E-state index in [0.29, 0.717) is 22.7 Å². The van der Waals surface area contributed by atoms with Crippen LogP contribution < -0.4 is 15.4 Å². The molecule has 1 aliphatic heterocycles. The van der Waals surface area contributed by atoms with E-state index in [1.807, 2.05) is 18.2 Å². The summed E-state index contributed by atoms with van der Waals surface area (Å²) in [6.45, 7) is 3.19. The van der Waals surface area contributed by atoms with E-state index >= 15 is 0 Å². The lowest BCUT2D eigenvalue weighted by molar-refractivity contribution is -0.115. The van der Waals surface area contributed by atoms with E-state index in [9.17, 15) is 13.2 Å². The zero-order chi connectivity index (χ0) is 16.3. The molecule has 1 aromatic carbocycles. The van der Waals surface area contributed by atoms with Crippen LogP contribution in [-0.4, -0.2) is 27.1 Å². The molecule has 0 atom stereocenters. The molecule has 3 N–H and O–H groups in total. The van der Waals surface area contributed by atoms with Crippen LogP contribution in [0.1, 0.15) is 20.3 Å². The van der Waals surface area contributed by atoms with E-state index < -0.39 is 10.2 Å². The molecule has 1 aliphatic rings. The fourth-order valence-corrected chi connectivity index (χ4v) is 3.19. The molecule has 1 amide bonds. The second-order valence-electron chi connectivity index (χ2n) is 4.91. The smallest absolute Gasteiger partial charge is 0.342 e. The number of amides is 1. The summed E-state index contributed by atoms with van der Waals surface area (Å²) in [4.78, 5) is 12.1. The first-order chi connectivity index (χ1) is 10.3. The van der Waals surface area contributed by atoms with Crippen molar-refractivity contribution in [1.82, 2.24) is 4.72 Å². The van der Waals surface area contributed by atoms with Crippen LogP contribution in [0.2, 0.25) is 0 Å². The Balaban J connectivity index is 0.00000264. The monoisotopic (exact) mass is 358 g/mol. The Bertz CT molecular complexity index is 772. The van der Waals surface area contributed by atoms with Crippen molar-refractivity contribution in [2.24, 2.45) is 4.40 Å². The van der Waals surface area contributed by atoms with Crippen LogP contribution >= 0.6 is 12.4 Å². The topological polar surface area (TPSA) is 99.7 Å². The predicted molar refractivity (Wildman–Crippen MR) is 94.3 cm³/mol. The van der Waals surface area contributed by atoms with Gasteiger partial charge in [-0.1, -0.05) is 6.07 Å². The Morgan fingerprint density at radius 2 is 1.91 bits per heavy atom. The summed E-state index contributed by atoms with van der Waals surface area (Å²) in [6.07, 6.45) is 0.0491. The average molecular weight is 359 g/mol. The number of hydrogen-bond donors (Lipinski definition) is 3. The number of halogens is 1. The van der Waals surface area contributed by atoms with Gasteiger partial charge < -0.3 is 10.6 Å². The first-order valence-electron chi connectivity index (χ1n) is 6.68. The van der Waals surface area contributed by atoms with Crippen LogP contribution in [-0.2, 0) is 15.0 Å². The summed E-state index contributed by atoms with van der Waals surface area (Å²) in [5.41, 5.74) is 2.89. The Kier molecular flexibility index (Phi) is 6.17. The molecule has 0 spiro atoms. The van der Waals surface area contributed by atoms with Crippen molar-refractivity contribution in [3.63, 3.8) is 0 Å². The van der Waals surface area contributed by atoms with Crippen LogP contribution in [0.5, 0.6) is 0 Å².